The van der Waals surface area contributed by atoms with Crippen molar-refractivity contribution in [2.24, 2.45) is 0 Å². The molecule has 6 nitrogen and oxygen atoms in total. The minimum absolute atomic E-state index is 0.0687. The van der Waals surface area contributed by atoms with E-state index in [4.69, 9.17) is 9.47 Å². The Bertz CT molecular complexity index is 711. The topological polar surface area (TPSA) is 76.1 Å². The van der Waals surface area contributed by atoms with Crippen LogP contribution in [0, 0.1) is 0 Å². The molecule has 1 aromatic rings. The number of aliphatic hydroxyl groups excluding tert-OH is 1. The number of ether oxygens (including phenoxy) is 2. The van der Waals surface area contributed by atoms with Crippen molar-refractivity contribution in [3.05, 3.63) is 41.2 Å². The first-order chi connectivity index (χ1) is 10.9. The summed E-state index contributed by atoms with van der Waals surface area (Å²) in [7, 11) is 1.60. The average Bonchev–Trinajstić information content (AvgIpc) is 2.53. The molecule has 1 saturated heterocycles. The molecule has 0 saturated carbocycles. The van der Waals surface area contributed by atoms with Gasteiger partial charge in [-0.15, -0.1) is 0 Å². The second-order valence-corrected chi connectivity index (χ2v) is 5.92. The van der Waals surface area contributed by atoms with Crippen LogP contribution >= 0.6 is 0 Å². The molecule has 1 amide bonds. The molecule has 0 radical (unpaired) electrons. The third-order valence-corrected chi connectivity index (χ3v) is 4.52. The lowest BCUT2D eigenvalue weighted by Crippen LogP contribution is -2.59. The molecule has 2 aliphatic rings. The minimum Gasteiger partial charge on any atom is -0.501 e. The van der Waals surface area contributed by atoms with E-state index in [0.717, 1.165) is 5.56 Å². The number of aliphatic hydroxyl groups is 1. The van der Waals surface area contributed by atoms with Gasteiger partial charge in [0, 0.05) is 24.9 Å². The third kappa shape index (κ3) is 2.25. The van der Waals surface area contributed by atoms with E-state index in [1.54, 1.807) is 14.0 Å². The van der Waals surface area contributed by atoms with Gasteiger partial charge in [0.15, 0.2) is 5.72 Å². The van der Waals surface area contributed by atoms with Crippen molar-refractivity contribution in [3.8, 4) is 5.75 Å². The maximum absolute atomic E-state index is 12.7. The van der Waals surface area contributed by atoms with Gasteiger partial charge in [0.25, 0.3) is 5.91 Å². The summed E-state index contributed by atoms with van der Waals surface area (Å²) in [6, 6.07) is 7.35. The van der Waals surface area contributed by atoms with Crippen LogP contribution in [-0.4, -0.2) is 41.3 Å². The molecule has 2 bridgehead atoms. The highest BCUT2D eigenvalue weighted by Crippen LogP contribution is 2.49. The van der Waals surface area contributed by atoms with Crippen LogP contribution in [0.2, 0.25) is 0 Å². The molecule has 2 aliphatic heterocycles. The van der Waals surface area contributed by atoms with Crippen molar-refractivity contribution in [2.75, 3.05) is 13.7 Å². The fourth-order valence-corrected chi connectivity index (χ4v) is 3.21. The van der Waals surface area contributed by atoms with E-state index in [-0.39, 0.29) is 12.2 Å². The Hall–Kier alpha value is -2.50. The van der Waals surface area contributed by atoms with Crippen molar-refractivity contribution >= 4 is 11.9 Å². The molecular formula is C17H19NO5. The zero-order valence-corrected chi connectivity index (χ0v) is 13.3. The molecule has 2 heterocycles. The maximum atomic E-state index is 12.7. The molecule has 2 unspecified atom stereocenters. The summed E-state index contributed by atoms with van der Waals surface area (Å²) in [5.41, 5.74) is 0.0469. The fraction of sp³-hybridized carbons (Fsp3) is 0.412. The SMILES string of the molecule is CCOC(=O)/C(O)=C1\C(=O)N(C)C2(C)CC1c1ccccc1O2. The Morgan fingerprint density at radius 1 is 1.48 bits per heavy atom. The van der Waals surface area contributed by atoms with Crippen LogP contribution in [0.1, 0.15) is 31.7 Å². The number of carbonyl (C=O) groups is 2. The summed E-state index contributed by atoms with van der Waals surface area (Å²) in [4.78, 5) is 26.1. The van der Waals surface area contributed by atoms with Crippen LogP contribution in [-0.2, 0) is 14.3 Å². The summed E-state index contributed by atoms with van der Waals surface area (Å²) in [6.07, 6.45) is 0.463. The largest absolute Gasteiger partial charge is 0.501 e. The Balaban J connectivity index is 2.17. The molecule has 2 atom stereocenters. The van der Waals surface area contributed by atoms with Gasteiger partial charge in [-0.3, -0.25) is 4.79 Å². The number of nitrogens with zero attached hydrogens (tertiary/aromatic N) is 1. The highest BCUT2D eigenvalue weighted by atomic mass is 16.5. The number of carbonyl (C=O) groups excluding carboxylic acids is 2. The summed E-state index contributed by atoms with van der Waals surface area (Å²) in [5, 5.41) is 10.3. The second-order valence-electron chi connectivity index (χ2n) is 5.92. The van der Waals surface area contributed by atoms with E-state index in [0.29, 0.717) is 12.2 Å². The monoisotopic (exact) mass is 317 g/mol. The highest BCUT2D eigenvalue weighted by Gasteiger charge is 2.51. The van der Waals surface area contributed by atoms with Gasteiger partial charge >= 0.3 is 5.97 Å². The molecule has 0 aliphatic carbocycles. The average molecular weight is 317 g/mol. The summed E-state index contributed by atoms with van der Waals surface area (Å²) in [5.74, 6) is -1.68. The molecule has 0 aromatic heterocycles. The highest BCUT2D eigenvalue weighted by molar-refractivity contribution is 6.03. The van der Waals surface area contributed by atoms with Crippen LogP contribution in [0.3, 0.4) is 0 Å². The first-order valence-electron chi connectivity index (χ1n) is 7.55. The Kier molecular flexibility index (Phi) is 3.55. The lowest BCUT2D eigenvalue weighted by Gasteiger charge is -2.49. The zero-order valence-electron chi connectivity index (χ0n) is 13.3. The number of likely N-dealkylation sites (tertiary alicyclic amines) is 1. The molecular weight excluding hydrogens is 298 g/mol. The van der Waals surface area contributed by atoms with E-state index in [9.17, 15) is 14.7 Å². The van der Waals surface area contributed by atoms with Crippen molar-refractivity contribution in [1.82, 2.24) is 4.90 Å². The lowest BCUT2D eigenvalue weighted by molar-refractivity contribution is -0.155. The van der Waals surface area contributed by atoms with E-state index in [2.05, 4.69) is 0 Å². The van der Waals surface area contributed by atoms with Gasteiger partial charge in [-0.05, 0) is 19.9 Å². The van der Waals surface area contributed by atoms with Crippen molar-refractivity contribution in [2.45, 2.75) is 31.9 Å². The smallest absolute Gasteiger partial charge is 0.373 e. The van der Waals surface area contributed by atoms with Crippen LogP contribution in [0.5, 0.6) is 5.75 Å². The number of piperidine rings is 1. The standard InChI is InChI=1S/C17H19NO5/c1-4-22-16(21)14(19)13-11-9-17(2,18(3)15(13)20)23-12-8-6-5-7-10(11)12/h5-8,11,19H,4,9H2,1-3H3/b14-13+. The van der Waals surface area contributed by atoms with Gasteiger partial charge < -0.3 is 19.5 Å². The van der Waals surface area contributed by atoms with Gasteiger partial charge in [-0.25, -0.2) is 4.79 Å². The summed E-state index contributed by atoms with van der Waals surface area (Å²) < 4.78 is 10.8. The number of rotatable bonds is 2. The number of benzene rings is 1. The number of amides is 1. The second kappa shape index (κ2) is 5.30. The van der Waals surface area contributed by atoms with Crippen LogP contribution in [0.25, 0.3) is 0 Å². The Labute approximate surface area is 134 Å². The minimum atomic E-state index is -0.878. The molecule has 3 rings (SSSR count). The lowest BCUT2D eigenvalue weighted by atomic mass is 9.77. The van der Waals surface area contributed by atoms with Gasteiger partial charge in [-0.2, -0.15) is 0 Å². The van der Waals surface area contributed by atoms with Crippen molar-refractivity contribution < 1.29 is 24.2 Å². The number of fused-ring (bicyclic) bond motifs is 4. The number of esters is 1. The van der Waals surface area contributed by atoms with Gasteiger partial charge in [0.05, 0.1) is 12.2 Å². The zero-order chi connectivity index (χ0) is 16.8. The first-order valence-corrected chi connectivity index (χ1v) is 7.55. The predicted molar refractivity (Wildman–Crippen MR) is 81.9 cm³/mol. The molecule has 23 heavy (non-hydrogen) atoms. The van der Waals surface area contributed by atoms with E-state index < -0.39 is 29.3 Å². The van der Waals surface area contributed by atoms with Gasteiger partial charge in [-0.1, -0.05) is 18.2 Å². The number of para-hydroxylation sites is 1. The van der Waals surface area contributed by atoms with Crippen molar-refractivity contribution in [3.63, 3.8) is 0 Å². The Morgan fingerprint density at radius 3 is 2.87 bits per heavy atom. The van der Waals surface area contributed by atoms with Gasteiger partial charge in [0.1, 0.15) is 5.75 Å². The maximum Gasteiger partial charge on any atom is 0.373 e. The van der Waals surface area contributed by atoms with Crippen LogP contribution < -0.4 is 4.74 Å². The van der Waals surface area contributed by atoms with E-state index in [1.807, 2.05) is 31.2 Å². The summed E-state index contributed by atoms with van der Waals surface area (Å²) >= 11 is 0. The van der Waals surface area contributed by atoms with Crippen LogP contribution in [0.15, 0.2) is 35.6 Å². The van der Waals surface area contributed by atoms with E-state index >= 15 is 0 Å². The van der Waals surface area contributed by atoms with E-state index in [1.165, 1.54) is 4.90 Å². The number of likely N-dealkylation sites (N-methyl/N-ethyl adjacent to an activating group) is 1. The van der Waals surface area contributed by atoms with Crippen molar-refractivity contribution in [1.29, 1.82) is 0 Å². The molecule has 1 fully saturated rings. The summed E-state index contributed by atoms with van der Waals surface area (Å²) in [6.45, 7) is 3.60. The molecule has 0 spiro atoms. The van der Waals surface area contributed by atoms with Crippen LogP contribution in [0.4, 0.5) is 0 Å². The normalized spacial score (nSPS) is 27.9. The van der Waals surface area contributed by atoms with Gasteiger partial charge in [0.2, 0.25) is 5.76 Å². The third-order valence-electron chi connectivity index (χ3n) is 4.52. The fourth-order valence-electron chi connectivity index (χ4n) is 3.21. The first kappa shape index (κ1) is 15.4. The number of hydrogen-bond donors (Lipinski definition) is 1. The molecule has 1 N–H and O–H groups in total. The number of hydrogen-bond acceptors (Lipinski definition) is 5. The quantitative estimate of drug-likeness (QED) is 0.514. The molecule has 6 heteroatoms. The predicted octanol–water partition coefficient (Wildman–Crippen LogP) is 2.12. The molecule has 122 valence electrons. The Morgan fingerprint density at radius 2 is 2.17 bits per heavy atom. The molecule has 1 aromatic carbocycles.